The summed E-state index contributed by atoms with van der Waals surface area (Å²) in [5.74, 6) is 0.648. The van der Waals surface area contributed by atoms with Crippen LogP contribution in [0, 0.1) is 5.82 Å². The van der Waals surface area contributed by atoms with E-state index >= 15 is 0 Å². The van der Waals surface area contributed by atoms with Gasteiger partial charge in [0.25, 0.3) is 0 Å². The second-order valence-electron chi connectivity index (χ2n) is 5.84. The second-order valence-corrected chi connectivity index (χ2v) is 5.84. The van der Waals surface area contributed by atoms with Gasteiger partial charge in [0.15, 0.2) is 0 Å². The Hall–Kier alpha value is -1.91. The molecule has 1 unspecified atom stereocenters. The van der Waals surface area contributed by atoms with Gasteiger partial charge in [-0.05, 0) is 36.7 Å². The van der Waals surface area contributed by atoms with Crippen LogP contribution in [-0.2, 0) is 0 Å². The Labute approximate surface area is 137 Å². The highest BCUT2D eigenvalue weighted by atomic mass is 19.1. The van der Waals surface area contributed by atoms with Crippen LogP contribution in [0.1, 0.15) is 23.6 Å². The molecule has 0 saturated carbocycles. The number of benzene rings is 2. The molecule has 2 aromatic rings. The van der Waals surface area contributed by atoms with Gasteiger partial charge in [0.05, 0.1) is 13.2 Å². The van der Waals surface area contributed by atoms with E-state index in [-0.39, 0.29) is 11.9 Å². The largest absolute Gasteiger partial charge is 0.497 e. The molecule has 0 aromatic heterocycles. The number of methoxy groups -OCH3 is 1. The maximum absolute atomic E-state index is 14.5. The zero-order valence-electron chi connectivity index (χ0n) is 13.5. The number of hydrogen-bond donors (Lipinski definition) is 1. The minimum absolute atomic E-state index is 0.0915. The minimum Gasteiger partial charge on any atom is -0.497 e. The lowest BCUT2D eigenvalue weighted by molar-refractivity contribution is 0.236. The lowest BCUT2D eigenvalue weighted by Crippen LogP contribution is -2.33. The second kappa shape index (κ2) is 7.57. The van der Waals surface area contributed by atoms with Crippen LogP contribution >= 0.6 is 0 Å². The maximum Gasteiger partial charge on any atom is 0.128 e. The molecule has 0 spiro atoms. The summed E-state index contributed by atoms with van der Waals surface area (Å²) in [6.07, 6.45) is 1.06. The van der Waals surface area contributed by atoms with Crippen LogP contribution in [0.15, 0.2) is 48.5 Å². The Morgan fingerprint density at radius 2 is 1.96 bits per heavy atom. The van der Waals surface area contributed by atoms with Gasteiger partial charge in [-0.1, -0.05) is 30.3 Å². The van der Waals surface area contributed by atoms with E-state index in [0.717, 1.165) is 49.5 Å². The summed E-state index contributed by atoms with van der Waals surface area (Å²) in [5, 5.41) is 3.41. The monoisotopic (exact) mass is 314 g/mol. The molecule has 1 N–H and O–H groups in total. The quantitative estimate of drug-likeness (QED) is 0.938. The summed E-state index contributed by atoms with van der Waals surface area (Å²) in [5.41, 5.74) is 1.79. The van der Waals surface area contributed by atoms with Crippen molar-refractivity contribution >= 4 is 0 Å². The van der Waals surface area contributed by atoms with Crippen molar-refractivity contribution < 1.29 is 9.13 Å². The van der Waals surface area contributed by atoms with Crippen molar-refractivity contribution in [2.24, 2.45) is 0 Å². The van der Waals surface area contributed by atoms with Gasteiger partial charge in [-0.3, -0.25) is 4.90 Å². The first-order valence-electron chi connectivity index (χ1n) is 8.13. The predicted octanol–water partition coefficient (Wildman–Crippen LogP) is 3.22. The molecule has 1 atom stereocenters. The van der Waals surface area contributed by atoms with E-state index in [0.29, 0.717) is 0 Å². The maximum atomic E-state index is 14.5. The van der Waals surface area contributed by atoms with Gasteiger partial charge in [-0.2, -0.15) is 0 Å². The van der Waals surface area contributed by atoms with Crippen molar-refractivity contribution in [3.8, 4) is 5.75 Å². The van der Waals surface area contributed by atoms with Crippen LogP contribution in [-0.4, -0.2) is 38.2 Å². The van der Waals surface area contributed by atoms with Crippen molar-refractivity contribution in [2.75, 3.05) is 33.3 Å². The van der Waals surface area contributed by atoms with E-state index in [1.165, 1.54) is 0 Å². The van der Waals surface area contributed by atoms with Gasteiger partial charge in [0.2, 0.25) is 0 Å². The zero-order valence-corrected chi connectivity index (χ0v) is 13.5. The first-order chi connectivity index (χ1) is 11.3. The fourth-order valence-electron chi connectivity index (χ4n) is 3.22. The lowest BCUT2D eigenvalue weighted by atomic mass is 9.96. The molecule has 1 aliphatic rings. The van der Waals surface area contributed by atoms with Crippen LogP contribution in [0.25, 0.3) is 0 Å². The topological polar surface area (TPSA) is 24.5 Å². The fraction of sp³-hybridized carbons (Fsp3) is 0.368. The van der Waals surface area contributed by atoms with Gasteiger partial charge in [-0.15, -0.1) is 0 Å². The molecule has 0 radical (unpaired) electrons. The Bertz CT molecular complexity index is 639. The number of nitrogens with one attached hydrogen (secondary N) is 1. The Kier molecular flexibility index (Phi) is 5.26. The van der Waals surface area contributed by atoms with Crippen LogP contribution in [0.3, 0.4) is 0 Å². The van der Waals surface area contributed by atoms with Crippen LogP contribution in [0.2, 0.25) is 0 Å². The Balaban J connectivity index is 2.03. The number of rotatable bonds is 4. The fourth-order valence-corrected chi connectivity index (χ4v) is 3.22. The molecule has 1 saturated heterocycles. The van der Waals surface area contributed by atoms with E-state index in [9.17, 15) is 4.39 Å². The Morgan fingerprint density at radius 1 is 1.09 bits per heavy atom. The average molecular weight is 314 g/mol. The smallest absolute Gasteiger partial charge is 0.128 e. The van der Waals surface area contributed by atoms with Crippen molar-refractivity contribution in [3.05, 3.63) is 65.5 Å². The standard InChI is InChI=1S/C19H23FN2O/c1-23-16-7-4-6-15(14-16)19(17-8-2-3-9-18(17)20)22-12-5-10-21-11-13-22/h2-4,6-9,14,19,21H,5,10-13H2,1H3. The number of hydrogen-bond acceptors (Lipinski definition) is 3. The minimum atomic E-state index is -0.155. The summed E-state index contributed by atoms with van der Waals surface area (Å²) >= 11 is 0. The molecular weight excluding hydrogens is 291 g/mol. The van der Waals surface area contributed by atoms with Crippen molar-refractivity contribution in [2.45, 2.75) is 12.5 Å². The molecule has 0 bridgehead atoms. The van der Waals surface area contributed by atoms with Crippen LogP contribution in [0.5, 0.6) is 5.75 Å². The highest BCUT2D eigenvalue weighted by Crippen LogP contribution is 2.32. The highest BCUT2D eigenvalue weighted by molar-refractivity contribution is 5.37. The number of nitrogens with zero attached hydrogens (tertiary/aromatic N) is 1. The summed E-state index contributed by atoms with van der Waals surface area (Å²) < 4.78 is 19.8. The molecule has 23 heavy (non-hydrogen) atoms. The molecule has 122 valence electrons. The highest BCUT2D eigenvalue weighted by Gasteiger charge is 2.25. The van der Waals surface area contributed by atoms with Gasteiger partial charge >= 0.3 is 0 Å². The molecule has 3 rings (SSSR count). The number of ether oxygens (including phenoxy) is 1. The summed E-state index contributed by atoms with van der Waals surface area (Å²) in [6.45, 7) is 3.78. The van der Waals surface area contributed by atoms with Crippen molar-refractivity contribution in [3.63, 3.8) is 0 Å². The lowest BCUT2D eigenvalue weighted by Gasteiger charge is -2.31. The zero-order chi connectivity index (χ0) is 16.1. The van der Waals surface area contributed by atoms with E-state index < -0.39 is 0 Å². The van der Waals surface area contributed by atoms with Gasteiger partial charge in [0, 0.05) is 25.2 Å². The first kappa shape index (κ1) is 16.0. The summed E-state index contributed by atoms with van der Waals surface area (Å²) in [7, 11) is 1.66. The van der Waals surface area contributed by atoms with Crippen molar-refractivity contribution in [1.82, 2.24) is 10.2 Å². The third-order valence-corrected chi connectivity index (χ3v) is 4.35. The van der Waals surface area contributed by atoms with Gasteiger partial charge in [0.1, 0.15) is 11.6 Å². The van der Waals surface area contributed by atoms with Crippen LogP contribution < -0.4 is 10.1 Å². The van der Waals surface area contributed by atoms with E-state index in [4.69, 9.17) is 4.74 Å². The molecule has 4 heteroatoms. The van der Waals surface area contributed by atoms with E-state index in [1.54, 1.807) is 19.2 Å². The molecular formula is C19H23FN2O. The summed E-state index contributed by atoms with van der Waals surface area (Å²) in [4.78, 5) is 2.35. The SMILES string of the molecule is COc1cccc(C(c2ccccc2F)N2CCCNCC2)c1. The van der Waals surface area contributed by atoms with E-state index in [1.807, 2.05) is 30.3 Å². The average Bonchev–Trinajstić information content (AvgIpc) is 2.86. The molecule has 1 heterocycles. The molecule has 1 aliphatic heterocycles. The van der Waals surface area contributed by atoms with Crippen molar-refractivity contribution in [1.29, 1.82) is 0 Å². The van der Waals surface area contributed by atoms with Gasteiger partial charge in [-0.25, -0.2) is 4.39 Å². The third-order valence-electron chi connectivity index (χ3n) is 4.35. The van der Waals surface area contributed by atoms with Gasteiger partial charge < -0.3 is 10.1 Å². The number of halogens is 1. The van der Waals surface area contributed by atoms with Crippen LogP contribution in [0.4, 0.5) is 4.39 Å². The molecule has 0 aliphatic carbocycles. The molecule has 0 amide bonds. The first-order valence-corrected chi connectivity index (χ1v) is 8.13. The molecule has 3 nitrogen and oxygen atoms in total. The van der Waals surface area contributed by atoms with E-state index in [2.05, 4.69) is 16.3 Å². The molecule has 2 aromatic carbocycles. The Morgan fingerprint density at radius 3 is 2.78 bits per heavy atom. The summed E-state index contributed by atoms with van der Waals surface area (Å²) in [6, 6.07) is 14.9. The third kappa shape index (κ3) is 3.71. The predicted molar refractivity (Wildman–Crippen MR) is 90.3 cm³/mol. The molecule has 1 fully saturated rings. The normalized spacial score (nSPS) is 17.5.